The maximum atomic E-state index is 13.1. The van der Waals surface area contributed by atoms with E-state index in [0.29, 0.717) is 13.0 Å². The van der Waals surface area contributed by atoms with E-state index in [4.69, 9.17) is 0 Å². The molecule has 0 saturated heterocycles. The van der Waals surface area contributed by atoms with Gasteiger partial charge in [0.05, 0.1) is 24.0 Å². The fourth-order valence-electron chi connectivity index (χ4n) is 3.19. The SMILES string of the molecule is O[C@@H]1C[C@H](NCc2cn[nH]c2-c2ccc(F)cc2)[C@H]1n1cccn1. The van der Waals surface area contributed by atoms with Crippen molar-refractivity contribution in [2.75, 3.05) is 0 Å². The predicted molar refractivity (Wildman–Crippen MR) is 86.5 cm³/mol. The molecule has 1 fully saturated rings. The van der Waals surface area contributed by atoms with E-state index < -0.39 is 0 Å². The Balaban J connectivity index is 1.46. The van der Waals surface area contributed by atoms with E-state index in [0.717, 1.165) is 16.8 Å². The van der Waals surface area contributed by atoms with Gasteiger partial charge in [0.25, 0.3) is 0 Å². The lowest BCUT2D eigenvalue weighted by Gasteiger charge is -2.42. The number of hydrogen-bond acceptors (Lipinski definition) is 4. The van der Waals surface area contributed by atoms with Gasteiger partial charge in [0.15, 0.2) is 0 Å². The van der Waals surface area contributed by atoms with Crippen molar-refractivity contribution >= 4 is 0 Å². The molecule has 24 heavy (non-hydrogen) atoms. The van der Waals surface area contributed by atoms with E-state index in [9.17, 15) is 9.50 Å². The molecule has 2 heterocycles. The third-order valence-corrected chi connectivity index (χ3v) is 4.54. The number of halogens is 1. The minimum absolute atomic E-state index is 0.0545. The molecule has 1 aromatic carbocycles. The average Bonchev–Trinajstić information content (AvgIpc) is 3.23. The van der Waals surface area contributed by atoms with Crippen LogP contribution in [-0.4, -0.2) is 37.2 Å². The minimum atomic E-state index is -0.386. The molecule has 1 saturated carbocycles. The summed E-state index contributed by atoms with van der Waals surface area (Å²) in [4.78, 5) is 0. The third kappa shape index (κ3) is 2.72. The molecule has 2 aromatic heterocycles. The largest absolute Gasteiger partial charge is 0.391 e. The van der Waals surface area contributed by atoms with Gasteiger partial charge in [-0.15, -0.1) is 0 Å². The number of H-pyrrole nitrogens is 1. The van der Waals surface area contributed by atoms with E-state index in [1.807, 2.05) is 12.3 Å². The van der Waals surface area contributed by atoms with Crippen molar-refractivity contribution in [2.45, 2.75) is 31.2 Å². The second kappa shape index (κ2) is 6.18. The summed E-state index contributed by atoms with van der Waals surface area (Å²) >= 11 is 0. The maximum absolute atomic E-state index is 13.1. The van der Waals surface area contributed by atoms with Crippen LogP contribution in [0.25, 0.3) is 11.3 Å². The lowest BCUT2D eigenvalue weighted by molar-refractivity contribution is -0.00820. The zero-order valence-electron chi connectivity index (χ0n) is 12.9. The molecule has 0 spiro atoms. The van der Waals surface area contributed by atoms with Crippen molar-refractivity contribution in [2.24, 2.45) is 0 Å². The number of nitrogens with one attached hydrogen (secondary N) is 2. The molecule has 0 unspecified atom stereocenters. The minimum Gasteiger partial charge on any atom is -0.391 e. The number of hydrogen-bond donors (Lipinski definition) is 3. The summed E-state index contributed by atoms with van der Waals surface area (Å²) in [7, 11) is 0. The smallest absolute Gasteiger partial charge is 0.123 e. The summed E-state index contributed by atoms with van der Waals surface area (Å²) in [5.41, 5.74) is 2.77. The second-order valence-corrected chi connectivity index (χ2v) is 6.04. The first-order valence-corrected chi connectivity index (χ1v) is 7.91. The van der Waals surface area contributed by atoms with Crippen LogP contribution in [0.4, 0.5) is 4.39 Å². The Morgan fingerprint density at radius 2 is 2.17 bits per heavy atom. The lowest BCUT2D eigenvalue weighted by atomic mass is 9.83. The van der Waals surface area contributed by atoms with Crippen LogP contribution in [-0.2, 0) is 6.54 Å². The summed E-state index contributed by atoms with van der Waals surface area (Å²) in [5.74, 6) is -0.261. The zero-order valence-corrected chi connectivity index (χ0v) is 12.9. The van der Waals surface area contributed by atoms with Crippen molar-refractivity contribution < 1.29 is 9.50 Å². The molecule has 0 amide bonds. The molecule has 0 bridgehead atoms. The molecule has 4 rings (SSSR count). The highest BCUT2D eigenvalue weighted by Gasteiger charge is 2.41. The van der Waals surface area contributed by atoms with Gasteiger partial charge in [-0.2, -0.15) is 10.2 Å². The Morgan fingerprint density at radius 3 is 2.88 bits per heavy atom. The quantitative estimate of drug-likeness (QED) is 0.668. The highest BCUT2D eigenvalue weighted by Crippen LogP contribution is 2.32. The van der Waals surface area contributed by atoms with Gasteiger partial charge in [-0.3, -0.25) is 9.78 Å². The van der Waals surface area contributed by atoms with Crippen LogP contribution in [0, 0.1) is 5.82 Å². The van der Waals surface area contributed by atoms with Crippen molar-refractivity contribution in [3.63, 3.8) is 0 Å². The average molecular weight is 327 g/mol. The van der Waals surface area contributed by atoms with Crippen LogP contribution in [0.1, 0.15) is 18.0 Å². The molecule has 124 valence electrons. The molecular formula is C17H18FN5O. The highest BCUT2D eigenvalue weighted by molar-refractivity contribution is 5.62. The van der Waals surface area contributed by atoms with Gasteiger partial charge in [-0.25, -0.2) is 4.39 Å². The molecule has 7 heteroatoms. The lowest BCUT2D eigenvalue weighted by Crippen LogP contribution is -2.54. The molecule has 3 aromatic rings. The molecule has 1 aliphatic carbocycles. The number of rotatable bonds is 5. The van der Waals surface area contributed by atoms with Crippen molar-refractivity contribution in [3.8, 4) is 11.3 Å². The number of benzene rings is 1. The van der Waals surface area contributed by atoms with Crippen molar-refractivity contribution in [1.29, 1.82) is 0 Å². The summed E-state index contributed by atoms with van der Waals surface area (Å²) in [6, 6.07) is 8.27. The van der Waals surface area contributed by atoms with E-state index in [1.54, 1.807) is 29.2 Å². The van der Waals surface area contributed by atoms with E-state index in [2.05, 4.69) is 20.6 Å². The Kier molecular flexibility index (Phi) is 3.87. The van der Waals surface area contributed by atoms with Crippen molar-refractivity contribution in [3.05, 3.63) is 60.3 Å². The van der Waals surface area contributed by atoms with Gasteiger partial charge >= 0.3 is 0 Å². The van der Waals surface area contributed by atoms with Crippen molar-refractivity contribution in [1.82, 2.24) is 25.3 Å². The number of aliphatic hydroxyl groups is 1. The number of nitrogens with zero attached hydrogens (tertiary/aromatic N) is 3. The first kappa shape index (κ1) is 15.0. The van der Waals surface area contributed by atoms with Crippen LogP contribution in [0.15, 0.2) is 48.9 Å². The van der Waals surface area contributed by atoms with Crippen LogP contribution >= 0.6 is 0 Å². The normalized spacial score (nSPS) is 23.2. The maximum Gasteiger partial charge on any atom is 0.123 e. The Morgan fingerprint density at radius 1 is 1.33 bits per heavy atom. The second-order valence-electron chi connectivity index (χ2n) is 6.04. The van der Waals surface area contributed by atoms with Crippen LogP contribution in [0.2, 0.25) is 0 Å². The molecule has 3 N–H and O–H groups in total. The van der Waals surface area contributed by atoms with Gasteiger partial charge in [0, 0.05) is 36.1 Å². The fraction of sp³-hybridized carbons (Fsp3) is 0.294. The van der Waals surface area contributed by atoms with E-state index in [1.165, 1.54) is 12.1 Å². The number of aromatic amines is 1. The first-order valence-electron chi connectivity index (χ1n) is 7.91. The number of aliphatic hydroxyl groups excluding tert-OH is 1. The summed E-state index contributed by atoms with van der Waals surface area (Å²) in [6.07, 6.45) is 5.65. The Bertz CT molecular complexity index is 799. The molecule has 3 atom stereocenters. The molecule has 0 radical (unpaired) electrons. The highest BCUT2D eigenvalue weighted by atomic mass is 19.1. The van der Waals surface area contributed by atoms with Gasteiger partial charge in [-0.05, 0) is 36.8 Å². The Hall–Kier alpha value is -2.51. The summed E-state index contributed by atoms with van der Waals surface area (Å²) < 4.78 is 14.9. The molecule has 6 nitrogen and oxygen atoms in total. The standard InChI is InChI=1S/C17H18FN5O/c18-13-4-2-11(3-5-13)16-12(10-20-22-16)9-19-14-8-15(24)17(14)23-7-1-6-21-23/h1-7,10,14-15,17,19,24H,8-9H2,(H,20,22)/t14-,15+,17+/m0/s1. The van der Waals surface area contributed by atoms with Gasteiger partial charge in [-0.1, -0.05) is 0 Å². The summed E-state index contributed by atoms with van der Waals surface area (Å²) in [5, 5.41) is 24.8. The van der Waals surface area contributed by atoms with Crippen LogP contribution in [0.5, 0.6) is 0 Å². The molecular weight excluding hydrogens is 309 g/mol. The monoisotopic (exact) mass is 327 g/mol. The van der Waals surface area contributed by atoms with E-state index >= 15 is 0 Å². The third-order valence-electron chi connectivity index (χ3n) is 4.54. The van der Waals surface area contributed by atoms with Gasteiger partial charge in [0.1, 0.15) is 5.82 Å². The fourth-order valence-corrected chi connectivity index (χ4v) is 3.19. The molecule has 0 aliphatic heterocycles. The number of aromatic nitrogens is 4. The predicted octanol–water partition coefficient (Wildman–Crippen LogP) is 1.88. The van der Waals surface area contributed by atoms with Crippen LogP contribution < -0.4 is 5.32 Å². The zero-order chi connectivity index (χ0) is 16.5. The van der Waals surface area contributed by atoms with Crippen LogP contribution in [0.3, 0.4) is 0 Å². The summed E-state index contributed by atoms with van der Waals surface area (Å²) in [6.45, 7) is 0.609. The van der Waals surface area contributed by atoms with Gasteiger partial charge < -0.3 is 10.4 Å². The molecule has 1 aliphatic rings. The van der Waals surface area contributed by atoms with Gasteiger partial charge in [0.2, 0.25) is 0 Å². The van der Waals surface area contributed by atoms with E-state index in [-0.39, 0.29) is 24.0 Å². The Labute approximate surface area is 138 Å². The first-order chi connectivity index (χ1) is 11.7. The topological polar surface area (TPSA) is 78.8 Å².